The molecule has 25 heavy (non-hydrogen) atoms. The molecule has 1 aromatic carbocycles. The minimum Gasteiger partial charge on any atom is -0.497 e. The van der Waals surface area contributed by atoms with E-state index in [9.17, 15) is 4.79 Å². The van der Waals surface area contributed by atoms with Crippen LogP contribution < -0.4 is 14.2 Å². The van der Waals surface area contributed by atoms with Crippen LogP contribution in [-0.4, -0.2) is 49.2 Å². The summed E-state index contributed by atoms with van der Waals surface area (Å²) in [6, 6.07) is 8.88. The van der Waals surface area contributed by atoms with E-state index in [4.69, 9.17) is 14.2 Å². The number of nitrogens with zero attached hydrogens (tertiary/aromatic N) is 2. The summed E-state index contributed by atoms with van der Waals surface area (Å²) >= 11 is 0. The normalized spacial score (nSPS) is 17.0. The van der Waals surface area contributed by atoms with Crippen molar-refractivity contribution in [2.75, 3.05) is 27.3 Å². The average molecular weight is 342 g/mol. The first kappa shape index (κ1) is 17.1. The lowest BCUT2D eigenvalue weighted by molar-refractivity contribution is 0.0537. The lowest BCUT2D eigenvalue weighted by Crippen LogP contribution is -2.44. The number of ether oxygens (including phenoxy) is 3. The van der Waals surface area contributed by atoms with Gasteiger partial charge in [0.1, 0.15) is 23.4 Å². The summed E-state index contributed by atoms with van der Waals surface area (Å²) < 4.78 is 16.5. The van der Waals surface area contributed by atoms with Crippen LogP contribution in [-0.2, 0) is 0 Å². The molecule has 0 N–H and O–H groups in total. The van der Waals surface area contributed by atoms with Gasteiger partial charge in [0.2, 0.25) is 0 Å². The van der Waals surface area contributed by atoms with Crippen molar-refractivity contribution < 1.29 is 19.0 Å². The molecule has 1 aliphatic rings. The summed E-state index contributed by atoms with van der Waals surface area (Å²) in [6.45, 7) is 1.27. The molecule has 0 unspecified atom stereocenters. The van der Waals surface area contributed by atoms with E-state index in [1.165, 1.54) is 0 Å². The third-order valence-corrected chi connectivity index (χ3v) is 4.22. The number of piperidine rings is 1. The van der Waals surface area contributed by atoms with Crippen LogP contribution in [0.2, 0.25) is 0 Å². The number of aromatic nitrogens is 1. The highest BCUT2D eigenvalue weighted by atomic mass is 16.5. The first-order chi connectivity index (χ1) is 12.2. The lowest BCUT2D eigenvalue weighted by atomic mass is 10.1. The quantitative estimate of drug-likeness (QED) is 0.836. The number of amides is 1. The van der Waals surface area contributed by atoms with Crippen LogP contribution in [0.5, 0.6) is 17.2 Å². The molecule has 0 saturated carbocycles. The van der Waals surface area contributed by atoms with Crippen molar-refractivity contribution in [2.45, 2.75) is 18.9 Å². The van der Waals surface area contributed by atoms with Gasteiger partial charge in [-0.2, -0.15) is 0 Å². The van der Waals surface area contributed by atoms with Crippen LogP contribution in [0.4, 0.5) is 0 Å². The fourth-order valence-electron chi connectivity index (χ4n) is 2.94. The Kier molecular flexibility index (Phi) is 5.38. The third-order valence-electron chi connectivity index (χ3n) is 4.22. The first-order valence-corrected chi connectivity index (χ1v) is 8.28. The molecular weight excluding hydrogens is 320 g/mol. The van der Waals surface area contributed by atoms with Gasteiger partial charge in [-0.25, -0.2) is 0 Å². The van der Waals surface area contributed by atoms with Crippen molar-refractivity contribution in [3.8, 4) is 17.2 Å². The Balaban J connectivity index is 1.71. The van der Waals surface area contributed by atoms with Crippen molar-refractivity contribution >= 4 is 5.91 Å². The van der Waals surface area contributed by atoms with Gasteiger partial charge in [-0.3, -0.25) is 9.78 Å². The molecule has 1 aliphatic heterocycles. The van der Waals surface area contributed by atoms with Crippen molar-refractivity contribution in [1.29, 1.82) is 0 Å². The molecule has 6 heteroatoms. The summed E-state index contributed by atoms with van der Waals surface area (Å²) in [4.78, 5) is 18.7. The van der Waals surface area contributed by atoms with E-state index >= 15 is 0 Å². The van der Waals surface area contributed by atoms with Crippen molar-refractivity contribution in [3.63, 3.8) is 0 Å². The zero-order valence-corrected chi connectivity index (χ0v) is 14.5. The topological polar surface area (TPSA) is 60.9 Å². The van der Waals surface area contributed by atoms with E-state index in [1.807, 2.05) is 17.0 Å². The molecule has 1 atom stereocenters. The molecule has 0 spiro atoms. The Bertz CT molecular complexity index is 698. The van der Waals surface area contributed by atoms with Crippen molar-refractivity contribution in [1.82, 2.24) is 9.88 Å². The van der Waals surface area contributed by atoms with Gasteiger partial charge in [-0.05, 0) is 37.1 Å². The fourth-order valence-corrected chi connectivity index (χ4v) is 2.94. The first-order valence-electron chi connectivity index (χ1n) is 8.28. The van der Waals surface area contributed by atoms with Crippen LogP contribution in [0, 0.1) is 0 Å². The highest BCUT2D eigenvalue weighted by Crippen LogP contribution is 2.25. The summed E-state index contributed by atoms with van der Waals surface area (Å²) in [7, 11) is 3.14. The second-order valence-electron chi connectivity index (χ2n) is 5.92. The van der Waals surface area contributed by atoms with E-state index in [-0.39, 0.29) is 12.0 Å². The van der Waals surface area contributed by atoms with Gasteiger partial charge in [-0.1, -0.05) is 0 Å². The Morgan fingerprint density at radius 3 is 2.40 bits per heavy atom. The van der Waals surface area contributed by atoms with Gasteiger partial charge in [0.15, 0.2) is 0 Å². The van der Waals surface area contributed by atoms with Gasteiger partial charge >= 0.3 is 0 Å². The van der Waals surface area contributed by atoms with Crippen molar-refractivity contribution in [2.24, 2.45) is 0 Å². The van der Waals surface area contributed by atoms with Crippen LogP contribution in [0.3, 0.4) is 0 Å². The molecule has 1 saturated heterocycles. The van der Waals surface area contributed by atoms with E-state index in [1.54, 1.807) is 44.8 Å². The molecule has 0 bridgehead atoms. The second-order valence-corrected chi connectivity index (χ2v) is 5.92. The molecule has 6 nitrogen and oxygen atoms in total. The van der Waals surface area contributed by atoms with E-state index in [0.29, 0.717) is 30.2 Å². The predicted octanol–water partition coefficient (Wildman–Crippen LogP) is 2.78. The number of hydrogen-bond acceptors (Lipinski definition) is 5. The van der Waals surface area contributed by atoms with E-state index in [2.05, 4.69) is 4.98 Å². The number of carbonyl (C=O) groups excluding carboxylic acids is 1. The minimum atomic E-state index is -0.0415. The SMILES string of the molecule is COc1cc(OC)cc(C(=O)N2CCC[C@H](Oc3ccncc3)C2)c1. The monoisotopic (exact) mass is 342 g/mol. The zero-order chi connectivity index (χ0) is 17.6. The van der Waals surface area contributed by atoms with Gasteiger partial charge in [0.25, 0.3) is 5.91 Å². The number of benzene rings is 1. The van der Waals surface area contributed by atoms with Crippen molar-refractivity contribution in [3.05, 3.63) is 48.3 Å². The summed E-state index contributed by atoms with van der Waals surface area (Å²) in [5.41, 5.74) is 0.556. The molecule has 3 rings (SSSR count). The van der Waals surface area contributed by atoms with Gasteiger partial charge in [-0.15, -0.1) is 0 Å². The summed E-state index contributed by atoms with van der Waals surface area (Å²) in [5.74, 6) is 1.94. The zero-order valence-electron chi connectivity index (χ0n) is 14.5. The largest absolute Gasteiger partial charge is 0.497 e. The fraction of sp³-hybridized carbons (Fsp3) is 0.368. The van der Waals surface area contributed by atoms with Crippen LogP contribution in [0.25, 0.3) is 0 Å². The Morgan fingerprint density at radius 1 is 1.08 bits per heavy atom. The molecule has 2 heterocycles. The molecule has 0 radical (unpaired) electrons. The lowest BCUT2D eigenvalue weighted by Gasteiger charge is -2.33. The van der Waals surface area contributed by atoms with E-state index in [0.717, 1.165) is 18.6 Å². The molecule has 132 valence electrons. The average Bonchev–Trinajstić information content (AvgIpc) is 2.68. The highest BCUT2D eigenvalue weighted by molar-refractivity contribution is 5.95. The Labute approximate surface area is 147 Å². The van der Waals surface area contributed by atoms with Crippen LogP contribution in [0.1, 0.15) is 23.2 Å². The number of pyridine rings is 1. The third kappa shape index (κ3) is 4.21. The van der Waals surface area contributed by atoms with Gasteiger partial charge in [0.05, 0.1) is 20.8 Å². The molecule has 1 aromatic heterocycles. The maximum absolute atomic E-state index is 12.9. The minimum absolute atomic E-state index is 0.0207. The van der Waals surface area contributed by atoms with Crippen LogP contribution in [0.15, 0.2) is 42.7 Å². The molecule has 0 aliphatic carbocycles. The number of hydrogen-bond donors (Lipinski definition) is 0. The summed E-state index contributed by atoms with van der Waals surface area (Å²) in [6.07, 6.45) is 5.20. The molecule has 2 aromatic rings. The predicted molar refractivity (Wildman–Crippen MR) is 93.3 cm³/mol. The number of carbonyl (C=O) groups is 1. The highest BCUT2D eigenvalue weighted by Gasteiger charge is 2.26. The second kappa shape index (κ2) is 7.88. The summed E-state index contributed by atoms with van der Waals surface area (Å²) in [5, 5.41) is 0. The number of methoxy groups -OCH3 is 2. The van der Waals surface area contributed by atoms with Gasteiger partial charge in [0, 0.05) is 30.6 Å². The Morgan fingerprint density at radius 2 is 1.76 bits per heavy atom. The van der Waals surface area contributed by atoms with E-state index < -0.39 is 0 Å². The molecule has 1 amide bonds. The smallest absolute Gasteiger partial charge is 0.254 e. The maximum Gasteiger partial charge on any atom is 0.254 e. The standard InChI is InChI=1S/C19H22N2O4/c1-23-17-10-14(11-18(12-17)24-2)19(22)21-9-3-4-16(13-21)25-15-5-7-20-8-6-15/h5-8,10-12,16H,3-4,9,13H2,1-2H3/t16-/m0/s1. The molecule has 1 fully saturated rings. The van der Waals surface area contributed by atoms with Gasteiger partial charge < -0.3 is 19.1 Å². The Hall–Kier alpha value is -2.76. The molecular formula is C19H22N2O4. The number of likely N-dealkylation sites (tertiary alicyclic amines) is 1. The number of rotatable bonds is 5. The van der Waals surface area contributed by atoms with Crippen LogP contribution >= 0.6 is 0 Å². The maximum atomic E-state index is 12.9.